The van der Waals surface area contributed by atoms with Crippen molar-refractivity contribution in [2.75, 3.05) is 24.1 Å². The second-order valence-corrected chi connectivity index (χ2v) is 5.91. The molecule has 0 unspecified atom stereocenters. The minimum absolute atomic E-state index is 0. The molecule has 1 aromatic rings. The molecule has 21 heavy (non-hydrogen) atoms. The van der Waals surface area contributed by atoms with E-state index in [4.69, 9.17) is 5.73 Å². The fraction of sp³-hybridized carbons (Fsp3) is 0.364. The molecule has 1 rings (SSSR count). The standard InChI is InChI=1S/C11H15F2N3O3S.ClH/c1-20(18,19)16-9-5-3-2-4-8(9)10(17)15-7-11(12,13)6-14;/h2-5,16H,6-7,14H2,1H3,(H,15,17);1H. The van der Waals surface area contributed by atoms with Gasteiger partial charge in [-0.25, -0.2) is 17.2 Å². The van der Waals surface area contributed by atoms with Crippen molar-refractivity contribution < 1.29 is 22.0 Å². The number of halogens is 3. The Morgan fingerprint density at radius 1 is 1.33 bits per heavy atom. The topological polar surface area (TPSA) is 101 Å². The Morgan fingerprint density at radius 3 is 2.43 bits per heavy atom. The van der Waals surface area contributed by atoms with E-state index in [1.54, 1.807) is 0 Å². The molecule has 0 saturated carbocycles. The van der Waals surface area contributed by atoms with E-state index >= 15 is 0 Å². The lowest BCUT2D eigenvalue weighted by Gasteiger charge is -2.15. The van der Waals surface area contributed by atoms with E-state index in [2.05, 4.69) is 4.72 Å². The molecule has 0 aliphatic carbocycles. The third-order valence-electron chi connectivity index (χ3n) is 2.27. The molecule has 0 aliphatic rings. The van der Waals surface area contributed by atoms with Crippen LogP contribution in [-0.4, -0.2) is 39.6 Å². The average molecular weight is 344 g/mol. The third kappa shape index (κ3) is 6.69. The van der Waals surface area contributed by atoms with Crippen molar-refractivity contribution in [2.45, 2.75) is 5.92 Å². The second-order valence-electron chi connectivity index (χ2n) is 4.16. The Bertz CT molecular complexity index is 596. The quantitative estimate of drug-likeness (QED) is 0.711. The largest absolute Gasteiger partial charge is 0.346 e. The van der Waals surface area contributed by atoms with Crippen molar-refractivity contribution in [2.24, 2.45) is 5.73 Å². The van der Waals surface area contributed by atoms with Crippen LogP contribution in [0.1, 0.15) is 10.4 Å². The maximum Gasteiger partial charge on any atom is 0.277 e. The zero-order valence-corrected chi connectivity index (χ0v) is 12.7. The average Bonchev–Trinajstić information content (AvgIpc) is 2.35. The summed E-state index contributed by atoms with van der Waals surface area (Å²) in [6, 6.07) is 5.68. The van der Waals surface area contributed by atoms with E-state index in [-0.39, 0.29) is 23.7 Å². The predicted octanol–water partition coefficient (Wildman–Crippen LogP) is 0.804. The van der Waals surface area contributed by atoms with Crippen LogP contribution in [-0.2, 0) is 10.0 Å². The highest BCUT2D eigenvalue weighted by molar-refractivity contribution is 7.92. The summed E-state index contributed by atoms with van der Waals surface area (Å²) in [5.74, 6) is -4.03. The fourth-order valence-electron chi connectivity index (χ4n) is 1.35. The van der Waals surface area contributed by atoms with Crippen LogP contribution in [0.5, 0.6) is 0 Å². The van der Waals surface area contributed by atoms with Crippen LogP contribution in [0.15, 0.2) is 24.3 Å². The van der Waals surface area contributed by atoms with Gasteiger partial charge in [0.05, 0.1) is 30.6 Å². The second kappa shape index (κ2) is 7.53. The van der Waals surface area contributed by atoms with Gasteiger partial charge in [-0.15, -0.1) is 12.4 Å². The predicted molar refractivity (Wildman–Crippen MR) is 78.5 cm³/mol. The number of para-hydroxylation sites is 1. The molecule has 0 spiro atoms. The lowest BCUT2D eigenvalue weighted by atomic mass is 10.1. The molecule has 6 nitrogen and oxygen atoms in total. The molecule has 1 amide bonds. The van der Waals surface area contributed by atoms with Gasteiger partial charge in [0.1, 0.15) is 0 Å². The Hall–Kier alpha value is -1.45. The molecule has 1 aromatic carbocycles. The SMILES string of the molecule is CS(=O)(=O)Nc1ccccc1C(=O)NCC(F)(F)CN.Cl. The number of hydrogen-bond acceptors (Lipinski definition) is 4. The van der Waals surface area contributed by atoms with Crippen LogP contribution in [0.3, 0.4) is 0 Å². The number of rotatable bonds is 6. The minimum Gasteiger partial charge on any atom is -0.346 e. The summed E-state index contributed by atoms with van der Waals surface area (Å²) in [5.41, 5.74) is 4.82. The first-order valence-electron chi connectivity index (χ1n) is 5.57. The summed E-state index contributed by atoms with van der Waals surface area (Å²) in [7, 11) is -3.58. The number of nitrogens with two attached hydrogens (primary N) is 1. The van der Waals surface area contributed by atoms with E-state index < -0.39 is 34.9 Å². The number of amides is 1. The molecule has 120 valence electrons. The molecule has 0 aliphatic heterocycles. The number of nitrogens with one attached hydrogen (secondary N) is 2. The Labute approximate surface area is 127 Å². The van der Waals surface area contributed by atoms with Gasteiger partial charge >= 0.3 is 0 Å². The van der Waals surface area contributed by atoms with Crippen molar-refractivity contribution in [3.63, 3.8) is 0 Å². The van der Waals surface area contributed by atoms with Gasteiger partial charge in [0.2, 0.25) is 10.0 Å². The third-order valence-corrected chi connectivity index (χ3v) is 2.86. The summed E-state index contributed by atoms with van der Waals surface area (Å²) in [6.07, 6.45) is 0.921. The van der Waals surface area contributed by atoms with Crippen LogP contribution < -0.4 is 15.8 Å². The van der Waals surface area contributed by atoms with E-state index in [0.29, 0.717) is 0 Å². The van der Waals surface area contributed by atoms with E-state index in [9.17, 15) is 22.0 Å². The maximum absolute atomic E-state index is 12.9. The van der Waals surface area contributed by atoms with Gasteiger partial charge in [0.15, 0.2) is 0 Å². The molecule has 0 atom stereocenters. The monoisotopic (exact) mass is 343 g/mol. The molecule has 4 N–H and O–H groups in total. The maximum atomic E-state index is 12.9. The summed E-state index contributed by atoms with van der Waals surface area (Å²) in [4.78, 5) is 11.8. The fourth-order valence-corrected chi connectivity index (χ4v) is 1.92. The smallest absolute Gasteiger partial charge is 0.277 e. The Kier molecular flexibility index (Phi) is 7.01. The minimum atomic E-state index is -3.58. The van der Waals surface area contributed by atoms with Crippen LogP contribution >= 0.6 is 12.4 Å². The summed E-state index contributed by atoms with van der Waals surface area (Å²) in [5, 5.41) is 2.01. The Balaban J connectivity index is 0.00000400. The van der Waals surface area contributed by atoms with Gasteiger partial charge < -0.3 is 11.1 Å². The van der Waals surface area contributed by atoms with Gasteiger partial charge in [-0.1, -0.05) is 12.1 Å². The highest BCUT2D eigenvalue weighted by Crippen LogP contribution is 2.17. The zero-order chi connectivity index (χ0) is 15.4. The number of sulfonamides is 1. The molecular weight excluding hydrogens is 328 g/mol. The van der Waals surface area contributed by atoms with Crippen LogP contribution in [0.2, 0.25) is 0 Å². The highest BCUT2D eigenvalue weighted by atomic mass is 35.5. The first-order valence-corrected chi connectivity index (χ1v) is 7.47. The molecule has 0 fully saturated rings. The number of hydrogen-bond donors (Lipinski definition) is 3. The number of benzene rings is 1. The van der Waals surface area contributed by atoms with Crippen molar-refractivity contribution >= 4 is 34.0 Å². The number of carbonyl (C=O) groups is 1. The first kappa shape index (κ1) is 19.6. The number of anilines is 1. The molecule has 10 heteroatoms. The van der Waals surface area contributed by atoms with Gasteiger partial charge in [0.25, 0.3) is 11.8 Å². The van der Waals surface area contributed by atoms with Crippen LogP contribution in [0.4, 0.5) is 14.5 Å². The van der Waals surface area contributed by atoms with Crippen LogP contribution in [0, 0.1) is 0 Å². The molecule has 0 bridgehead atoms. The highest BCUT2D eigenvalue weighted by Gasteiger charge is 2.27. The summed E-state index contributed by atoms with van der Waals surface area (Å²) in [6.45, 7) is -1.81. The van der Waals surface area contributed by atoms with E-state index in [0.717, 1.165) is 6.26 Å². The van der Waals surface area contributed by atoms with E-state index in [1.807, 2.05) is 5.32 Å². The van der Waals surface area contributed by atoms with E-state index in [1.165, 1.54) is 24.3 Å². The summed E-state index contributed by atoms with van der Waals surface area (Å²) >= 11 is 0. The van der Waals surface area contributed by atoms with Crippen LogP contribution in [0.25, 0.3) is 0 Å². The van der Waals surface area contributed by atoms with Gasteiger partial charge in [-0.2, -0.15) is 0 Å². The molecule has 0 radical (unpaired) electrons. The molecule has 0 aromatic heterocycles. The number of carbonyl (C=O) groups excluding carboxylic acids is 1. The Morgan fingerprint density at radius 2 is 1.90 bits per heavy atom. The van der Waals surface area contributed by atoms with Gasteiger partial charge in [-0.3, -0.25) is 9.52 Å². The lowest BCUT2D eigenvalue weighted by Crippen LogP contribution is -2.41. The summed E-state index contributed by atoms with van der Waals surface area (Å²) < 4.78 is 50.4. The van der Waals surface area contributed by atoms with Gasteiger partial charge in [0, 0.05) is 0 Å². The van der Waals surface area contributed by atoms with Crippen molar-refractivity contribution in [3.05, 3.63) is 29.8 Å². The number of alkyl halides is 2. The van der Waals surface area contributed by atoms with Gasteiger partial charge in [-0.05, 0) is 12.1 Å². The lowest BCUT2D eigenvalue weighted by molar-refractivity contribution is 0.0119. The molecule has 0 heterocycles. The first-order chi connectivity index (χ1) is 9.14. The molecule has 0 saturated heterocycles. The zero-order valence-electron chi connectivity index (χ0n) is 11.1. The normalized spacial score (nSPS) is 11.4. The molecular formula is C11H16ClF2N3O3S. The van der Waals surface area contributed by atoms with Crippen molar-refractivity contribution in [3.8, 4) is 0 Å². The van der Waals surface area contributed by atoms with Crippen molar-refractivity contribution in [1.82, 2.24) is 5.32 Å². The van der Waals surface area contributed by atoms with Crippen molar-refractivity contribution in [1.29, 1.82) is 0 Å².